The summed E-state index contributed by atoms with van der Waals surface area (Å²) < 4.78 is 16.0. The van der Waals surface area contributed by atoms with E-state index < -0.39 is 59.9 Å². The molecule has 2 fully saturated rings. The van der Waals surface area contributed by atoms with Crippen LogP contribution in [0.25, 0.3) is 0 Å². The fourth-order valence-electron chi connectivity index (χ4n) is 4.55. The third kappa shape index (κ3) is 4.17. The van der Waals surface area contributed by atoms with Crippen LogP contribution < -0.4 is 11.5 Å². The van der Waals surface area contributed by atoms with Crippen molar-refractivity contribution in [2.45, 2.75) is 83.0 Å². The van der Waals surface area contributed by atoms with Crippen LogP contribution in [-0.2, 0) is 14.2 Å². The number of nitrogens with one attached hydrogen (secondary N) is 1. The molecule has 3 amide bonds. The highest BCUT2D eigenvalue weighted by Gasteiger charge is 2.71. The van der Waals surface area contributed by atoms with E-state index in [0.29, 0.717) is 0 Å². The van der Waals surface area contributed by atoms with Gasteiger partial charge in [-0.2, -0.15) is 0 Å². The van der Waals surface area contributed by atoms with Gasteiger partial charge in [0.25, 0.3) is 0 Å². The van der Waals surface area contributed by atoms with Crippen LogP contribution in [0.15, 0.2) is 4.99 Å². The zero-order valence-corrected chi connectivity index (χ0v) is 20.2. The Bertz CT molecular complexity index is 925. The van der Waals surface area contributed by atoms with E-state index in [2.05, 4.69) is 4.99 Å². The van der Waals surface area contributed by atoms with Crippen LogP contribution in [0.2, 0.25) is 0 Å². The van der Waals surface area contributed by atoms with E-state index in [1.807, 2.05) is 0 Å². The number of hydrogen-bond donors (Lipinski definition) is 4. The van der Waals surface area contributed by atoms with Gasteiger partial charge in [-0.15, -0.1) is 0 Å². The second-order valence-corrected chi connectivity index (χ2v) is 10.4. The summed E-state index contributed by atoms with van der Waals surface area (Å²) in [6.45, 7) is 9.62. The molecule has 2 saturated heterocycles. The lowest BCUT2D eigenvalue weighted by molar-refractivity contribution is -0.0852. The number of carbonyl (C=O) groups excluding carboxylic acids is 3. The third-order valence-corrected chi connectivity index (χ3v) is 5.59. The second kappa shape index (κ2) is 8.18. The summed E-state index contributed by atoms with van der Waals surface area (Å²) in [5.41, 5.74) is 7.85. The van der Waals surface area contributed by atoms with Crippen LogP contribution in [0.4, 0.5) is 14.4 Å². The maximum atomic E-state index is 13.2. The number of carbonyl (C=O) groups is 3. The minimum absolute atomic E-state index is 0.112. The zero-order valence-electron chi connectivity index (χ0n) is 20.2. The highest BCUT2D eigenvalue weighted by atomic mass is 16.6. The monoisotopic (exact) mass is 483 g/mol. The van der Waals surface area contributed by atoms with Crippen molar-refractivity contribution in [1.29, 1.82) is 5.41 Å². The first-order chi connectivity index (χ1) is 15.5. The standard InChI is InChI=1S/C20H33N7O7/c1-18(2,3)33-16(30)26-10(9-32-15(23)29)12-20(11(28)7-8-25(20)14(26)22)27(13(21)24-12)17(31)34-19(4,5)6/h10-12,22,28H,7-9H2,1-6H3,(H2,21,24)(H2,23,29)/t10-,11?,12-,20+/m0/s1. The molecular formula is C20H33N7O7. The summed E-state index contributed by atoms with van der Waals surface area (Å²) in [6.07, 6.45) is -3.96. The maximum Gasteiger partial charge on any atom is 0.419 e. The molecule has 0 saturated carbocycles. The Morgan fingerprint density at radius 1 is 1.15 bits per heavy atom. The van der Waals surface area contributed by atoms with Gasteiger partial charge in [-0.3, -0.25) is 5.41 Å². The Balaban J connectivity index is 2.13. The Labute approximate surface area is 197 Å². The minimum atomic E-state index is -1.67. The quantitative estimate of drug-likeness (QED) is 0.400. The minimum Gasteiger partial charge on any atom is -0.447 e. The number of guanidine groups is 2. The maximum absolute atomic E-state index is 13.2. The summed E-state index contributed by atoms with van der Waals surface area (Å²) in [5, 5.41) is 20.0. The van der Waals surface area contributed by atoms with E-state index in [1.54, 1.807) is 41.5 Å². The Morgan fingerprint density at radius 3 is 2.24 bits per heavy atom. The number of aliphatic hydroxyl groups is 1. The molecule has 0 aromatic rings. The smallest absolute Gasteiger partial charge is 0.419 e. The van der Waals surface area contributed by atoms with E-state index in [0.717, 1.165) is 9.80 Å². The van der Waals surface area contributed by atoms with Crippen molar-refractivity contribution in [2.24, 2.45) is 16.5 Å². The van der Waals surface area contributed by atoms with E-state index in [1.165, 1.54) is 4.90 Å². The number of primary amides is 1. The molecule has 0 bridgehead atoms. The fraction of sp³-hybridized carbons (Fsp3) is 0.750. The van der Waals surface area contributed by atoms with Crippen LogP contribution >= 0.6 is 0 Å². The molecule has 14 nitrogen and oxygen atoms in total. The summed E-state index contributed by atoms with van der Waals surface area (Å²) in [7, 11) is 0. The topological polar surface area (TPSA) is 197 Å². The Kier molecular flexibility index (Phi) is 6.10. The van der Waals surface area contributed by atoms with Crippen LogP contribution in [0, 0.1) is 5.41 Å². The summed E-state index contributed by atoms with van der Waals surface area (Å²) in [6, 6.07) is -2.27. The molecule has 34 heavy (non-hydrogen) atoms. The van der Waals surface area contributed by atoms with E-state index in [4.69, 9.17) is 31.1 Å². The number of nitrogens with two attached hydrogens (primary N) is 2. The van der Waals surface area contributed by atoms with Gasteiger partial charge in [0.05, 0.1) is 0 Å². The molecule has 6 N–H and O–H groups in total. The molecule has 190 valence electrons. The SMILES string of the molecule is CC(C)(C)OC(=O)N1C(=N)N2CCC(O)[C@@]23[C@@H](N=C(N)N3C(=O)OC(C)(C)C)[C@@H]1COC(N)=O. The first kappa shape index (κ1) is 25.3. The van der Waals surface area contributed by atoms with Gasteiger partial charge in [0, 0.05) is 6.54 Å². The predicted octanol–water partition coefficient (Wildman–Crippen LogP) is 0.333. The van der Waals surface area contributed by atoms with Gasteiger partial charge in [0.15, 0.2) is 5.66 Å². The average Bonchev–Trinajstić information content (AvgIpc) is 3.13. The van der Waals surface area contributed by atoms with Gasteiger partial charge >= 0.3 is 18.3 Å². The first-order valence-electron chi connectivity index (χ1n) is 10.9. The molecule has 3 aliphatic heterocycles. The Morgan fingerprint density at radius 2 is 1.71 bits per heavy atom. The molecular weight excluding hydrogens is 450 g/mol. The van der Waals surface area contributed by atoms with Gasteiger partial charge in [-0.25, -0.2) is 29.2 Å². The summed E-state index contributed by atoms with van der Waals surface area (Å²) in [4.78, 5) is 45.5. The normalized spacial score (nSPS) is 28.8. The highest BCUT2D eigenvalue weighted by molar-refractivity contribution is 6.00. The molecule has 0 aromatic carbocycles. The van der Waals surface area contributed by atoms with Crippen LogP contribution in [-0.4, -0.2) is 98.2 Å². The lowest BCUT2D eigenvalue weighted by Gasteiger charge is -2.54. The van der Waals surface area contributed by atoms with Crippen molar-refractivity contribution in [3.63, 3.8) is 0 Å². The molecule has 3 aliphatic rings. The molecule has 3 rings (SSSR count). The molecule has 1 unspecified atom stereocenters. The van der Waals surface area contributed by atoms with Crippen molar-refractivity contribution < 1.29 is 33.7 Å². The van der Waals surface area contributed by atoms with E-state index >= 15 is 0 Å². The molecule has 14 heteroatoms. The first-order valence-corrected chi connectivity index (χ1v) is 10.9. The summed E-state index contributed by atoms with van der Waals surface area (Å²) in [5.74, 6) is -0.647. The van der Waals surface area contributed by atoms with Gasteiger partial charge < -0.3 is 35.7 Å². The third-order valence-electron chi connectivity index (χ3n) is 5.59. The number of ether oxygens (including phenoxy) is 3. The van der Waals surface area contributed by atoms with Crippen molar-refractivity contribution in [3.8, 4) is 0 Å². The van der Waals surface area contributed by atoms with Crippen LogP contribution in [0.5, 0.6) is 0 Å². The van der Waals surface area contributed by atoms with Gasteiger partial charge in [-0.1, -0.05) is 0 Å². The van der Waals surface area contributed by atoms with Crippen molar-refractivity contribution in [2.75, 3.05) is 13.2 Å². The molecule has 1 spiro atoms. The molecule has 0 aliphatic carbocycles. The average molecular weight is 484 g/mol. The van der Waals surface area contributed by atoms with Crippen LogP contribution in [0.3, 0.4) is 0 Å². The number of aliphatic imine (C=N–C) groups is 1. The van der Waals surface area contributed by atoms with Crippen LogP contribution in [0.1, 0.15) is 48.0 Å². The molecule has 3 heterocycles. The fourth-order valence-corrected chi connectivity index (χ4v) is 4.55. The molecule has 0 radical (unpaired) electrons. The number of aliphatic hydroxyl groups excluding tert-OH is 1. The highest BCUT2D eigenvalue weighted by Crippen LogP contribution is 2.47. The number of amides is 3. The van der Waals surface area contributed by atoms with E-state index in [-0.39, 0.29) is 24.9 Å². The van der Waals surface area contributed by atoms with Crippen molar-refractivity contribution in [3.05, 3.63) is 0 Å². The van der Waals surface area contributed by atoms with Crippen molar-refractivity contribution in [1.82, 2.24) is 14.7 Å². The predicted molar refractivity (Wildman–Crippen MR) is 119 cm³/mol. The van der Waals surface area contributed by atoms with Gasteiger partial charge in [0.1, 0.15) is 36.0 Å². The van der Waals surface area contributed by atoms with Gasteiger partial charge in [-0.05, 0) is 48.0 Å². The number of nitrogens with zero attached hydrogens (tertiary/aromatic N) is 4. The van der Waals surface area contributed by atoms with Gasteiger partial charge in [0.2, 0.25) is 11.9 Å². The Hall–Kier alpha value is -3.29. The summed E-state index contributed by atoms with van der Waals surface area (Å²) >= 11 is 0. The lowest BCUT2D eigenvalue weighted by Crippen LogP contribution is -2.79. The molecule has 0 aromatic heterocycles. The van der Waals surface area contributed by atoms with E-state index in [9.17, 15) is 19.5 Å². The number of rotatable bonds is 2. The number of hydrogen-bond acceptors (Lipinski definition) is 10. The zero-order chi connectivity index (χ0) is 25.8. The molecule has 4 atom stereocenters. The lowest BCUT2D eigenvalue weighted by atomic mass is 9.86. The van der Waals surface area contributed by atoms with Crippen molar-refractivity contribution >= 4 is 30.2 Å². The largest absolute Gasteiger partial charge is 0.447 e. The second-order valence-electron chi connectivity index (χ2n) is 10.4.